The van der Waals surface area contributed by atoms with Crippen LogP contribution in [0.5, 0.6) is 0 Å². The molecule has 1 fully saturated rings. The van der Waals surface area contributed by atoms with E-state index in [2.05, 4.69) is 11.4 Å². The SMILES string of the molecule is O=C(C=C1NC2(CCCCC2)Cc2ccccc21)C(=O)/C=C(\O)c1ccccc1. The molecule has 2 aromatic carbocycles. The van der Waals surface area contributed by atoms with Gasteiger partial charge in [-0.25, -0.2) is 0 Å². The highest BCUT2D eigenvalue weighted by atomic mass is 16.3. The Hall–Kier alpha value is -3.14. The van der Waals surface area contributed by atoms with Crippen molar-refractivity contribution in [2.45, 2.75) is 44.1 Å². The number of nitrogens with one attached hydrogen (secondary N) is 1. The lowest BCUT2D eigenvalue weighted by Gasteiger charge is -2.44. The maximum absolute atomic E-state index is 12.6. The summed E-state index contributed by atoms with van der Waals surface area (Å²) in [6.45, 7) is 0. The molecule has 0 amide bonds. The Bertz CT molecular complexity index is 982. The molecule has 2 N–H and O–H groups in total. The highest BCUT2D eigenvalue weighted by Crippen LogP contribution is 2.38. The third kappa shape index (κ3) is 4.16. The average molecular weight is 387 g/mol. The summed E-state index contributed by atoms with van der Waals surface area (Å²) in [4.78, 5) is 25.1. The van der Waals surface area contributed by atoms with Crippen LogP contribution in [0.15, 0.2) is 66.7 Å². The molecule has 1 aliphatic heterocycles. The number of hydrogen-bond acceptors (Lipinski definition) is 4. The highest BCUT2D eigenvalue weighted by molar-refractivity contribution is 6.47. The molecule has 0 saturated heterocycles. The number of aliphatic hydroxyl groups is 1. The molecule has 0 aromatic heterocycles. The largest absolute Gasteiger partial charge is 0.507 e. The topological polar surface area (TPSA) is 66.4 Å². The number of benzene rings is 2. The molecule has 0 bridgehead atoms. The lowest BCUT2D eigenvalue weighted by Crippen LogP contribution is -2.50. The monoisotopic (exact) mass is 387 g/mol. The van der Waals surface area contributed by atoms with Gasteiger partial charge in [0.2, 0.25) is 11.6 Å². The van der Waals surface area contributed by atoms with Gasteiger partial charge in [0.15, 0.2) is 0 Å². The summed E-state index contributed by atoms with van der Waals surface area (Å²) in [5, 5.41) is 13.8. The molecule has 1 aliphatic carbocycles. The smallest absolute Gasteiger partial charge is 0.229 e. The summed E-state index contributed by atoms with van der Waals surface area (Å²) in [6, 6.07) is 16.8. The van der Waals surface area contributed by atoms with Crippen LogP contribution >= 0.6 is 0 Å². The Morgan fingerprint density at radius 2 is 1.59 bits per heavy atom. The first-order valence-electron chi connectivity index (χ1n) is 10.2. The Labute approximate surface area is 171 Å². The maximum Gasteiger partial charge on any atom is 0.229 e. The first-order chi connectivity index (χ1) is 14.1. The molecule has 148 valence electrons. The zero-order valence-electron chi connectivity index (χ0n) is 16.4. The normalized spacial score (nSPS) is 19.4. The second-order valence-electron chi connectivity index (χ2n) is 7.98. The zero-order chi connectivity index (χ0) is 20.3. The van der Waals surface area contributed by atoms with Crippen molar-refractivity contribution in [1.29, 1.82) is 0 Å². The molecular formula is C25H25NO3. The van der Waals surface area contributed by atoms with Crippen LogP contribution in [0.1, 0.15) is 48.8 Å². The van der Waals surface area contributed by atoms with Crippen LogP contribution in [0, 0.1) is 0 Å². The number of aliphatic hydroxyl groups excluding tert-OH is 1. The molecule has 2 aromatic rings. The molecule has 1 saturated carbocycles. The molecule has 0 unspecified atom stereocenters. The van der Waals surface area contributed by atoms with Crippen LogP contribution in [0.3, 0.4) is 0 Å². The standard InChI is InChI=1S/C25H25NO3/c27-22(18-9-3-1-4-10-18)16-24(29)23(28)15-21-20-12-6-5-11-19(20)17-25(26-21)13-7-2-8-14-25/h1,3-6,9-12,15-16,26-27H,2,7-8,13-14,17H2/b21-15?,22-16-. The fourth-order valence-corrected chi connectivity index (χ4v) is 4.43. The van der Waals surface area contributed by atoms with Crippen molar-refractivity contribution >= 4 is 23.0 Å². The summed E-state index contributed by atoms with van der Waals surface area (Å²) >= 11 is 0. The molecule has 0 atom stereocenters. The molecule has 4 nitrogen and oxygen atoms in total. The van der Waals surface area contributed by atoms with Crippen molar-refractivity contribution in [1.82, 2.24) is 5.32 Å². The van der Waals surface area contributed by atoms with Crippen molar-refractivity contribution in [3.8, 4) is 0 Å². The summed E-state index contributed by atoms with van der Waals surface area (Å²) in [5.74, 6) is -1.58. The number of fused-ring (bicyclic) bond motifs is 1. The van der Waals surface area contributed by atoms with Crippen LogP contribution in [0.2, 0.25) is 0 Å². The van der Waals surface area contributed by atoms with Crippen molar-refractivity contribution < 1.29 is 14.7 Å². The molecule has 0 radical (unpaired) electrons. The van der Waals surface area contributed by atoms with Crippen molar-refractivity contribution in [3.05, 3.63) is 83.4 Å². The summed E-state index contributed by atoms with van der Waals surface area (Å²) in [6.07, 6.45) is 9.05. The van der Waals surface area contributed by atoms with Gasteiger partial charge in [-0.05, 0) is 24.8 Å². The van der Waals surface area contributed by atoms with E-state index in [0.29, 0.717) is 11.3 Å². The quantitative estimate of drug-likeness (QED) is 0.457. The Balaban J connectivity index is 1.62. The maximum atomic E-state index is 12.6. The number of hydrogen-bond donors (Lipinski definition) is 2. The van der Waals surface area contributed by atoms with E-state index in [-0.39, 0.29) is 11.3 Å². The van der Waals surface area contributed by atoms with E-state index in [1.54, 1.807) is 24.3 Å². The van der Waals surface area contributed by atoms with E-state index in [0.717, 1.165) is 30.9 Å². The van der Waals surface area contributed by atoms with E-state index in [4.69, 9.17) is 0 Å². The van der Waals surface area contributed by atoms with E-state index >= 15 is 0 Å². The number of rotatable bonds is 4. The van der Waals surface area contributed by atoms with E-state index in [1.165, 1.54) is 30.9 Å². The molecule has 4 rings (SSSR count). The minimum atomic E-state index is -0.735. The third-order valence-electron chi connectivity index (χ3n) is 5.90. The van der Waals surface area contributed by atoms with Gasteiger partial charge in [0.1, 0.15) is 5.76 Å². The average Bonchev–Trinajstić information content (AvgIpc) is 2.74. The van der Waals surface area contributed by atoms with Gasteiger partial charge in [-0.15, -0.1) is 0 Å². The number of allylic oxidation sites excluding steroid dienone is 2. The van der Waals surface area contributed by atoms with E-state index in [1.807, 2.05) is 24.3 Å². The van der Waals surface area contributed by atoms with Crippen LogP contribution in [-0.2, 0) is 16.0 Å². The first-order valence-corrected chi connectivity index (χ1v) is 10.2. The summed E-state index contributed by atoms with van der Waals surface area (Å²) in [7, 11) is 0. The second-order valence-corrected chi connectivity index (χ2v) is 7.98. The molecule has 2 aliphatic rings. The fourth-order valence-electron chi connectivity index (χ4n) is 4.43. The van der Waals surface area contributed by atoms with Crippen LogP contribution in [0.25, 0.3) is 11.5 Å². The number of ketones is 2. The van der Waals surface area contributed by atoms with Gasteiger partial charge in [-0.1, -0.05) is 73.9 Å². The van der Waals surface area contributed by atoms with Gasteiger partial charge in [-0.3, -0.25) is 9.59 Å². The van der Waals surface area contributed by atoms with Crippen molar-refractivity contribution in [2.75, 3.05) is 0 Å². The predicted octanol–water partition coefficient (Wildman–Crippen LogP) is 4.61. The molecule has 29 heavy (non-hydrogen) atoms. The zero-order valence-corrected chi connectivity index (χ0v) is 16.4. The lowest BCUT2D eigenvalue weighted by atomic mass is 9.74. The summed E-state index contributed by atoms with van der Waals surface area (Å²) in [5.41, 5.74) is 3.36. The summed E-state index contributed by atoms with van der Waals surface area (Å²) < 4.78 is 0. The van der Waals surface area contributed by atoms with Crippen LogP contribution in [0.4, 0.5) is 0 Å². The number of carbonyl (C=O) groups excluding carboxylic acids is 2. The third-order valence-corrected chi connectivity index (χ3v) is 5.90. The highest BCUT2D eigenvalue weighted by Gasteiger charge is 2.37. The Kier molecular flexibility index (Phi) is 5.34. The first kappa shape index (κ1) is 19.2. The number of carbonyl (C=O) groups is 2. The molecule has 4 heteroatoms. The van der Waals surface area contributed by atoms with Gasteiger partial charge < -0.3 is 10.4 Å². The minimum absolute atomic E-state index is 0.0379. The minimum Gasteiger partial charge on any atom is -0.507 e. The van der Waals surface area contributed by atoms with Gasteiger partial charge in [0.05, 0.1) is 0 Å². The van der Waals surface area contributed by atoms with E-state index in [9.17, 15) is 14.7 Å². The van der Waals surface area contributed by atoms with Gasteiger partial charge >= 0.3 is 0 Å². The molecule has 1 heterocycles. The fraction of sp³-hybridized carbons (Fsp3) is 0.280. The second kappa shape index (κ2) is 8.08. The molecule has 1 spiro atoms. The lowest BCUT2D eigenvalue weighted by molar-refractivity contribution is -0.130. The Morgan fingerprint density at radius 1 is 0.897 bits per heavy atom. The van der Waals surface area contributed by atoms with Crippen molar-refractivity contribution in [3.63, 3.8) is 0 Å². The van der Waals surface area contributed by atoms with Crippen molar-refractivity contribution in [2.24, 2.45) is 0 Å². The van der Waals surface area contributed by atoms with E-state index < -0.39 is 11.6 Å². The molecular weight excluding hydrogens is 362 g/mol. The van der Waals surface area contributed by atoms with Crippen LogP contribution < -0.4 is 5.32 Å². The van der Waals surface area contributed by atoms with Gasteiger partial charge in [0, 0.05) is 34.5 Å². The van der Waals surface area contributed by atoms with Gasteiger partial charge in [0.25, 0.3) is 0 Å². The van der Waals surface area contributed by atoms with Gasteiger partial charge in [-0.2, -0.15) is 0 Å². The van der Waals surface area contributed by atoms with Crippen LogP contribution in [-0.4, -0.2) is 22.2 Å². The Morgan fingerprint density at radius 3 is 2.34 bits per heavy atom. The predicted molar refractivity (Wildman–Crippen MR) is 114 cm³/mol.